The Morgan fingerprint density at radius 1 is 0.868 bits per heavy atom. The van der Waals surface area contributed by atoms with E-state index in [0.29, 0.717) is 13.0 Å². The van der Waals surface area contributed by atoms with Crippen LogP contribution in [0.2, 0.25) is 18.6 Å². The number of rotatable bonds is 6. The van der Waals surface area contributed by atoms with Crippen LogP contribution in [0.5, 0.6) is 0 Å². The predicted molar refractivity (Wildman–Crippen MR) is 158 cm³/mol. The molecule has 1 aliphatic heterocycles. The Labute approximate surface area is 227 Å². The lowest BCUT2D eigenvalue weighted by molar-refractivity contribution is -0.180. The highest BCUT2D eigenvalue weighted by molar-refractivity contribution is 6.81. The minimum Gasteiger partial charge on any atom is -0.458 e. The van der Waals surface area contributed by atoms with E-state index in [1.807, 2.05) is 51.1 Å². The first-order chi connectivity index (χ1) is 18.1. The first-order valence-electron chi connectivity index (χ1n) is 13.6. The van der Waals surface area contributed by atoms with Crippen molar-refractivity contribution in [1.29, 1.82) is 0 Å². The number of esters is 1. The van der Waals surface area contributed by atoms with Gasteiger partial charge in [-0.05, 0) is 60.2 Å². The molecular formula is C34H38O3Si. The number of hydrogen-bond donors (Lipinski definition) is 0. The molecular weight excluding hydrogens is 484 g/mol. The molecule has 0 amide bonds. The smallest absolute Gasteiger partial charge is 0.343 e. The van der Waals surface area contributed by atoms with E-state index in [9.17, 15) is 4.79 Å². The fraction of sp³-hybridized carbons (Fsp3) is 0.324. The molecule has 0 bridgehead atoms. The first-order valence-corrected chi connectivity index (χ1v) is 16.7. The molecule has 196 valence electrons. The van der Waals surface area contributed by atoms with Crippen molar-refractivity contribution in [2.75, 3.05) is 6.61 Å². The molecule has 0 unspecified atom stereocenters. The van der Waals surface area contributed by atoms with E-state index in [0.717, 1.165) is 5.56 Å². The summed E-state index contributed by atoms with van der Waals surface area (Å²) in [6.07, 6.45) is 0.624. The van der Waals surface area contributed by atoms with Crippen molar-refractivity contribution in [2.45, 2.75) is 62.6 Å². The molecule has 4 aromatic carbocycles. The Morgan fingerprint density at radius 2 is 1.47 bits per heavy atom. The van der Waals surface area contributed by atoms with Gasteiger partial charge in [0, 0.05) is 12.1 Å². The van der Waals surface area contributed by atoms with Gasteiger partial charge in [-0.15, -0.1) is 0 Å². The second kappa shape index (κ2) is 10.2. The maximum atomic E-state index is 13.8. The average Bonchev–Trinajstić information content (AvgIpc) is 3.37. The highest BCUT2D eigenvalue weighted by Gasteiger charge is 2.56. The summed E-state index contributed by atoms with van der Waals surface area (Å²) in [7, 11) is -2.16. The zero-order valence-corrected chi connectivity index (χ0v) is 24.1. The van der Waals surface area contributed by atoms with Crippen LogP contribution in [0.1, 0.15) is 49.4 Å². The summed E-state index contributed by atoms with van der Waals surface area (Å²) >= 11 is 0. The SMILES string of the molecule is CC(C)(C)OC(=O)[C@]1(c2ccccc2)C[C@H]([Si](C)(C)[C@H](c2ccccc2)c2cccc3ccccc23)CO1. The standard InChI is InChI=1S/C34H38O3Si/c1-33(2,3)37-32(35)34(27-19-10-7-11-20-27)23-28(24-36-34)38(4,5)31(26-16-8-6-9-17-26)30-22-14-18-25-15-12-13-21-29(25)30/h6-22,28,31H,23-24H2,1-5H3/t28-,31+,34+/m0/s1. The Balaban J connectivity index is 1.60. The molecule has 0 spiro atoms. The van der Waals surface area contributed by atoms with Gasteiger partial charge in [0.2, 0.25) is 0 Å². The molecule has 0 N–H and O–H groups in total. The summed E-state index contributed by atoms with van der Waals surface area (Å²) < 4.78 is 12.6. The Bertz CT molecular complexity index is 1400. The van der Waals surface area contributed by atoms with E-state index in [-0.39, 0.29) is 17.1 Å². The molecule has 0 radical (unpaired) electrons. The van der Waals surface area contributed by atoms with Crippen LogP contribution in [0.15, 0.2) is 103 Å². The molecule has 3 atom stereocenters. The first kappa shape index (κ1) is 26.4. The molecule has 3 nitrogen and oxygen atoms in total. The monoisotopic (exact) mass is 522 g/mol. The largest absolute Gasteiger partial charge is 0.458 e. The maximum Gasteiger partial charge on any atom is 0.343 e. The van der Waals surface area contributed by atoms with Crippen molar-refractivity contribution >= 4 is 24.8 Å². The van der Waals surface area contributed by atoms with Gasteiger partial charge >= 0.3 is 5.97 Å². The van der Waals surface area contributed by atoms with E-state index in [4.69, 9.17) is 9.47 Å². The fourth-order valence-corrected chi connectivity index (χ4v) is 10.0. The van der Waals surface area contributed by atoms with Gasteiger partial charge in [-0.2, -0.15) is 0 Å². The van der Waals surface area contributed by atoms with Gasteiger partial charge in [-0.25, -0.2) is 4.79 Å². The highest BCUT2D eigenvalue weighted by Crippen LogP contribution is 2.52. The van der Waals surface area contributed by atoms with E-state index in [1.54, 1.807) is 0 Å². The van der Waals surface area contributed by atoms with Crippen molar-refractivity contribution in [1.82, 2.24) is 0 Å². The van der Waals surface area contributed by atoms with Crippen molar-refractivity contribution in [2.24, 2.45) is 0 Å². The number of hydrogen-bond acceptors (Lipinski definition) is 3. The third-order valence-electron chi connectivity index (χ3n) is 8.10. The third-order valence-corrected chi connectivity index (χ3v) is 12.7. The number of fused-ring (bicyclic) bond motifs is 1. The number of carbonyl (C=O) groups excluding carboxylic acids is 1. The van der Waals surface area contributed by atoms with Crippen molar-refractivity contribution in [3.05, 3.63) is 120 Å². The topological polar surface area (TPSA) is 35.5 Å². The zero-order valence-electron chi connectivity index (χ0n) is 23.1. The summed E-state index contributed by atoms with van der Waals surface area (Å²) in [5.74, 6) is -0.287. The minimum absolute atomic E-state index is 0.244. The van der Waals surface area contributed by atoms with Crippen LogP contribution < -0.4 is 0 Å². The summed E-state index contributed by atoms with van der Waals surface area (Å²) in [4.78, 5) is 13.8. The van der Waals surface area contributed by atoms with Crippen LogP contribution >= 0.6 is 0 Å². The molecule has 1 saturated heterocycles. The van der Waals surface area contributed by atoms with Crippen molar-refractivity contribution in [3.63, 3.8) is 0 Å². The van der Waals surface area contributed by atoms with E-state index < -0.39 is 19.3 Å². The van der Waals surface area contributed by atoms with Crippen LogP contribution in [0.25, 0.3) is 10.8 Å². The van der Waals surface area contributed by atoms with Gasteiger partial charge in [0.25, 0.3) is 0 Å². The van der Waals surface area contributed by atoms with Gasteiger partial charge in [0.15, 0.2) is 5.60 Å². The molecule has 38 heavy (non-hydrogen) atoms. The molecule has 0 aliphatic carbocycles. The summed E-state index contributed by atoms with van der Waals surface area (Å²) in [6, 6.07) is 36.1. The summed E-state index contributed by atoms with van der Waals surface area (Å²) in [5, 5.41) is 2.55. The van der Waals surface area contributed by atoms with Crippen LogP contribution in [-0.4, -0.2) is 26.3 Å². The molecule has 0 saturated carbocycles. The second-order valence-electron chi connectivity index (χ2n) is 12.1. The summed E-state index contributed by atoms with van der Waals surface area (Å²) in [6.45, 7) is 11.2. The van der Waals surface area contributed by atoms with E-state index in [2.05, 4.69) is 85.9 Å². The van der Waals surface area contributed by atoms with Crippen molar-refractivity contribution in [3.8, 4) is 0 Å². The normalized spacial score (nSPS) is 20.8. The molecule has 5 rings (SSSR count). The number of ether oxygens (including phenoxy) is 2. The van der Waals surface area contributed by atoms with Gasteiger partial charge in [0.1, 0.15) is 5.60 Å². The van der Waals surface area contributed by atoms with Crippen molar-refractivity contribution < 1.29 is 14.3 Å². The number of benzene rings is 4. The molecule has 4 heteroatoms. The van der Waals surface area contributed by atoms with Gasteiger partial charge in [0.05, 0.1) is 8.07 Å². The van der Waals surface area contributed by atoms with E-state index in [1.165, 1.54) is 21.9 Å². The average molecular weight is 523 g/mol. The predicted octanol–water partition coefficient (Wildman–Crippen LogP) is 8.25. The van der Waals surface area contributed by atoms with Crippen LogP contribution in [0.3, 0.4) is 0 Å². The lowest BCUT2D eigenvalue weighted by Crippen LogP contribution is -2.44. The van der Waals surface area contributed by atoms with Gasteiger partial charge in [-0.1, -0.05) is 116 Å². The van der Waals surface area contributed by atoms with Gasteiger partial charge < -0.3 is 9.47 Å². The van der Waals surface area contributed by atoms with Gasteiger partial charge in [-0.3, -0.25) is 0 Å². The fourth-order valence-electron chi connectivity index (χ4n) is 6.11. The maximum absolute atomic E-state index is 13.8. The Kier molecular flexibility index (Phi) is 7.06. The van der Waals surface area contributed by atoms with E-state index >= 15 is 0 Å². The van der Waals surface area contributed by atoms with Crippen LogP contribution in [-0.2, 0) is 19.9 Å². The Morgan fingerprint density at radius 3 is 2.16 bits per heavy atom. The van der Waals surface area contributed by atoms with Crippen LogP contribution in [0.4, 0.5) is 0 Å². The summed E-state index contributed by atoms with van der Waals surface area (Å²) in [5.41, 5.74) is 2.37. The zero-order chi connectivity index (χ0) is 27.0. The van der Waals surface area contributed by atoms with Crippen LogP contribution in [0, 0.1) is 0 Å². The molecule has 1 fully saturated rings. The third kappa shape index (κ3) is 4.95. The lowest BCUT2D eigenvalue weighted by atomic mass is 9.90. The molecule has 1 aliphatic rings. The lowest BCUT2D eigenvalue weighted by Gasteiger charge is -2.39. The quantitative estimate of drug-likeness (QED) is 0.189. The molecule has 4 aromatic rings. The Hall–Kier alpha value is -3.21. The minimum atomic E-state index is -2.16. The molecule has 1 heterocycles. The second-order valence-corrected chi connectivity index (χ2v) is 17.2. The molecule has 0 aromatic heterocycles. The number of carbonyl (C=O) groups is 1. The highest BCUT2D eigenvalue weighted by atomic mass is 28.3.